The summed E-state index contributed by atoms with van der Waals surface area (Å²) in [5.41, 5.74) is 1.11. The molecule has 92 valence electrons. The van der Waals surface area contributed by atoms with Gasteiger partial charge in [0.05, 0.1) is 7.11 Å². The van der Waals surface area contributed by atoms with E-state index in [9.17, 15) is 4.79 Å². The van der Waals surface area contributed by atoms with Gasteiger partial charge in [-0.2, -0.15) is 12.6 Å². The number of amides is 1. The van der Waals surface area contributed by atoms with E-state index in [1.54, 1.807) is 7.11 Å². The molecule has 1 atom stereocenters. The third-order valence-corrected chi connectivity index (χ3v) is 3.58. The second kappa shape index (κ2) is 5.45. The van der Waals surface area contributed by atoms with Crippen LogP contribution < -0.4 is 4.74 Å². The summed E-state index contributed by atoms with van der Waals surface area (Å²) < 4.78 is 5.17. The van der Waals surface area contributed by atoms with E-state index in [1.807, 2.05) is 29.2 Å². The average molecular weight is 251 g/mol. The molecule has 1 fully saturated rings. The third-order valence-electron chi connectivity index (χ3n) is 3.06. The number of hydrogen-bond donors (Lipinski definition) is 1. The Hall–Kier alpha value is -1.16. The highest BCUT2D eigenvalue weighted by Crippen LogP contribution is 2.22. The molecule has 1 saturated heterocycles. The number of carbonyl (C=O) groups excluding carboxylic acids is 1. The summed E-state index contributed by atoms with van der Waals surface area (Å²) in [6, 6.07) is 7.85. The molecule has 17 heavy (non-hydrogen) atoms. The van der Waals surface area contributed by atoms with Crippen LogP contribution in [0.4, 0.5) is 0 Å². The van der Waals surface area contributed by atoms with Gasteiger partial charge in [-0.25, -0.2) is 0 Å². The fourth-order valence-corrected chi connectivity index (χ4v) is 2.36. The van der Waals surface area contributed by atoms with Crippen LogP contribution in [0.3, 0.4) is 0 Å². The molecule has 1 heterocycles. The van der Waals surface area contributed by atoms with Crippen LogP contribution in [-0.2, 0) is 11.3 Å². The highest BCUT2D eigenvalue weighted by atomic mass is 32.1. The maximum absolute atomic E-state index is 11.8. The summed E-state index contributed by atoms with van der Waals surface area (Å²) in [4.78, 5) is 13.7. The van der Waals surface area contributed by atoms with Crippen LogP contribution in [0.25, 0.3) is 0 Å². The van der Waals surface area contributed by atoms with Crippen molar-refractivity contribution in [3.63, 3.8) is 0 Å². The van der Waals surface area contributed by atoms with Crippen molar-refractivity contribution in [2.45, 2.75) is 13.0 Å². The molecule has 4 heteroatoms. The van der Waals surface area contributed by atoms with E-state index in [0.29, 0.717) is 18.9 Å². The fraction of sp³-hybridized carbons (Fsp3) is 0.462. The van der Waals surface area contributed by atoms with Crippen molar-refractivity contribution >= 4 is 18.5 Å². The Kier molecular flexibility index (Phi) is 3.94. The van der Waals surface area contributed by atoms with Crippen LogP contribution in [0.2, 0.25) is 0 Å². The van der Waals surface area contributed by atoms with Crippen molar-refractivity contribution in [3.8, 4) is 5.75 Å². The lowest BCUT2D eigenvalue weighted by Crippen LogP contribution is -2.24. The number of likely N-dealkylation sites (tertiary alicyclic amines) is 1. The zero-order valence-corrected chi connectivity index (χ0v) is 10.8. The zero-order chi connectivity index (χ0) is 12.3. The van der Waals surface area contributed by atoms with Gasteiger partial charge in [0.25, 0.3) is 0 Å². The second-order valence-electron chi connectivity index (χ2n) is 4.38. The van der Waals surface area contributed by atoms with Gasteiger partial charge in [-0.1, -0.05) is 12.1 Å². The Bertz CT molecular complexity index is 408. The first-order valence-corrected chi connectivity index (χ1v) is 6.37. The molecule has 0 radical (unpaired) electrons. The van der Waals surface area contributed by atoms with E-state index in [1.165, 1.54) is 0 Å². The molecular formula is C13H17NO2S. The van der Waals surface area contributed by atoms with E-state index in [4.69, 9.17) is 4.74 Å². The Balaban J connectivity index is 2.03. The fourth-order valence-electron chi connectivity index (χ4n) is 2.12. The van der Waals surface area contributed by atoms with Gasteiger partial charge in [0.1, 0.15) is 5.75 Å². The van der Waals surface area contributed by atoms with Gasteiger partial charge in [-0.05, 0) is 29.4 Å². The summed E-state index contributed by atoms with van der Waals surface area (Å²) in [6.45, 7) is 1.49. The smallest absolute Gasteiger partial charge is 0.223 e. The van der Waals surface area contributed by atoms with Crippen LogP contribution in [0.15, 0.2) is 24.3 Å². The summed E-state index contributed by atoms with van der Waals surface area (Å²) >= 11 is 4.26. The molecule has 2 rings (SSSR count). The summed E-state index contributed by atoms with van der Waals surface area (Å²) in [6.07, 6.45) is 0.632. The molecule has 1 unspecified atom stereocenters. The predicted octanol–water partition coefficient (Wildman–Crippen LogP) is 1.97. The van der Waals surface area contributed by atoms with E-state index >= 15 is 0 Å². The highest BCUT2D eigenvalue weighted by Gasteiger charge is 2.28. The zero-order valence-electron chi connectivity index (χ0n) is 9.93. The van der Waals surface area contributed by atoms with Crippen molar-refractivity contribution < 1.29 is 9.53 Å². The Morgan fingerprint density at radius 3 is 3.00 bits per heavy atom. The maximum Gasteiger partial charge on any atom is 0.223 e. The average Bonchev–Trinajstić information content (AvgIpc) is 2.70. The van der Waals surface area contributed by atoms with Gasteiger partial charge in [0.15, 0.2) is 0 Å². The number of rotatable bonds is 4. The first-order valence-electron chi connectivity index (χ1n) is 5.74. The van der Waals surface area contributed by atoms with Gasteiger partial charge in [-0.3, -0.25) is 4.79 Å². The Morgan fingerprint density at radius 1 is 1.53 bits per heavy atom. The number of carbonyl (C=O) groups is 1. The van der Waals surface area contributed by atoms with Gasteiger partial charge >= 0.3 is 0 Å². The van der Waals surface area contributed by atoms with Crippen molar-refractivity contribution in [1.82, 2.24) is 4.90 Å². The topological polar surface area (TPSA) is 29.5 Å². The lowest BCUT2D eigenvalue weighted by Gasteiger charge is -2.16. The van der Waals surface area contributed by atoms with Crippen LogP contribution in [-0.4, -0.2) is 30.2 Å². The number of benzene rings is 1. The van der Waals surface area contributed by atoms with Gasteiger partial charge in [-0.15, -0.1) is 0 Å². The number of hydrogen-bond acceptors (Lipinski definition) is 3. The largest absolute Gasteiger partial charge is 0.497 e. The number of thiol groups is 1. The van der Waals surface area contributed by atoms with E-state index in [0.717, 1.165) is 23.6 Å². The molecule has 0 spiro atoms. The van der Waals surface area contributed by atoms with E-state index < -0.39 is 0 Å². The molecular weight excluding hydrogens is 234 g/mol. The molecule has 0 saturated carbocycles. The molecule has 1 aliphatic heterocycles. The second-order valence-corrected chi connectivity index (χ2v) is 4.74. The minimum atomic E-state index is 0.229. The predicted molar refractivity (Wildman–Crippen MR) is 70.4 cm³/mol. The van der Waals surface area contributed by atoms with Crippen LogP contribution >= 0.6 is 12.6 Å². The molecule has 0 bridgehead atoms. The molecule has 1 aromatic rings. The SMILES string of the molecule is COc1cccc(CN2CC(CS)CC2=O)c1. The monoisotopic (exact) mass is 251 g/mol. The lowest BCUT2D eigenvalue weighted by atomic mass is 10.1. The lowest BCUT2D eigenvalue weighted by molar-refractivity contribution is -0.128. The first-order chi connectivity index (χ1) is 8.22. The van der Waals surface area contributed by atoms with E-state index in [-0.39, 0.29) is 5.91 Å². The minimum absolute atomic E-state index is 0.229. The number of methoxy groups -OCH3 is 1. The molecule has 0 N–H and O–H groups in total. The molecule has 1 aliphatic rings. The van der Waals surface area contributed by atoms with Crippen molar-refractivity contribution in [2.75, 3.05) is 19.4 Å². The standard InChI is InChI=1S/C13H17NO2S/c1-16-12-4-2-3-10(5-12)7-14-8-11(9-17)6-13(14)15/h2-5,11,17H,6-9H2,1H3. The minimum Gasteiger partial charge on any atom is -0.497 e. The quantitative estimate of drug-likeness (QED) is 0.829. The Morgan fingerprint density at radius 2 is 2.35 bits per heavy atom. The summed E-state index contributed by atoms with van der Waals surface area (Å²) in [7, 11) is 1.65. The van der Waals surface area contributed by atoms with Gasteiger partial charge < -0.3 is 9.64 Å². The van der Waals surface area contributed by atoms with Crippen molar-refractivity contribution in [1.29, 1.82) is 0 Å². The first kappa shape index (κ1) is 12.3. The van der Waals surface area contributed by atoms with Crippen LogP contribution in [0.5, 0.6) is 5.75 Å². The molecule has 1 aromatic carbocycles. The normalized spacial score (nSPS) is 19.8. The molecule has 1 amide bonds. The van der Waals surface area contributed by atoms with Gasteiger partial charge in [0.2, 0.25) is 5.91 Å². The molecule has 0 aromatic heterocycles. The van der Waals surface area contributed by atoms with Crippen LogP contribution in [0.1, 0.15) is 12.0 Å². The Labute approximate surface area is 107 Å². The molecule has 3 nitrogen and oxygen atoms in total. The summed E-state index contributed by atoms with van der Waals surface area (Å²) in [5.74, 6) is 2.24. The third kappa shape index (κ3) is 2.94. The van der Waals surface area contributed by atoms with Gasteiger partial charge in [0, 0.05) is 19.5 Å². The van der Waals surface area contributed by atoms with E-state index in [2.05, 4.69) is 12.6 Å². The van der Waals surface area contributed by atoms with Crippen LogP contribution in [0, 0.1) is 5.92 Å². The van der Waals surface area contributed by atoms with Crippen molar-refractivity contribution in [3.05, 3.63) is 29.8 Å². The number of ether oxygens (including phenoxy) is 1. The molecule has 0 aliphatic carbocycles. The number of nitrogens with zero attached hydrogens (tertiary/aromatic N) is 1. The van der Waals surface area contributed by atoms with Crippen molar-refractivity contribution in [2.24, 2.45) is 5.92 Å². The highest BCUT2D eigenvalue weighted by molar-refractivity contribution is 7.80. The maximum atomic E-state index is 11.8. The summed E-state index contributed by atoms with van der Waals surface area (Å²) in [5, 5.41) is 0.